The standard InChI is InChI=1S/C25H35FN4O/c1-27-25(29-16-12-22-10-5-6-11-24(22)26)28-15-7-19-31-23-13-17-30(18-14-23)20-21-8-3-2-4-9-21/h2-6,8-11,23H,7,12-20H2,1H3,(H2,27,28,29). The van der Waals surface area contributed by atoms with Crippen LogP contribution in [0.1, 0.15) is 30.4 Å². The molecular formula is C25H35FN4O. The maximum Gasteiger partial charge on any atom is 0.190 e. The van der Waals surface area contributed by atoms with Crippen molar-refractivity contribution >= 4 is 5.96 Å². The average Bonchev–Trinajstić information content (AvgIpc) is 2.80. The molecule has 0 aromatic heterocycles. The molecular weight excluding hydrogens is 391 g/mol. The number of nitrogens with one attached hydrogen (secondary N) is 2. The molecule has 0 aliphatic carbocycles. The van der Waals surface area contributed by atoms with E-state index in [0.717, 1.165) is 58.0 Å². The lowest BCUT2D eigenvalue weighted by atomic mass is 10.1. The van der Waals surface area contributed by atoms with Crippen molar-refractivity contribution < 1.29 is 9.13 Å². The molecule has 168 valence electrons. The molecule has 0 spiro atoms. The van der Waals surface area contributed by atoms with Gasteiger partial charge in [-0.1, -0.05) is 48.5 Å². The van der Waals surface area contributed by atoms with Gasteiger partial charge in [-0.05, 0) is 42.9 Å². The van der Waals surface area contributed by atoms with Crippen LogP contribution in [-0.4, -0.2) is 56.8 Å². The Kier molecular flexibility index (Phi) is 9.80. The SMILES string of the molecule is CN=C(NCCCOC1CCN(Cc2ccccc2)CC1)NCCc1ccccc1F. The molecule has 1 fully saturated rings. The van der Waals surface area contributed by atoms with Gasteiger partial charge in [0.1, 0.15) is 5.82 Å². The topological polar surface area (TPSA) is 48.9 Å². The Morgan fingerprint density at radius 3 is 2.48 bits per heavy atom. The number of hydrogen-bond acceptors (Lipinski definition) is 3. The number of nitrogens with zero attached hydrogens (tertiary/aromatic N) is 2. The number of piperidine rings is 1. The Morgan fingerprint density at radius 2 is 1.74 bits per heavy atom. The van der Waals surface area contributed by atoms with Crippen LogP contribution in [0.3, 0.4) is 0 Å². The zero-order valence-electron chi connectivity index (χ0n) is 18.5. The summed E-state index contributed by atoms with van der Waals surface area (Å²) in [4.78, 5) is 6.73. The van der Waals surface area contributed by atoms with Crippen LogP contribution in [-0.2, 0) is 17.7 Å². The summed E-state index contributed by atoms with van der Waals surface area (Å²) in [6, 6.07) is 17.5. The van der Waals surface area contributed by atoms with Crippen molar-refractivity contribution in [1.82, 2.24) is 15.5 Å². The molecule has 2 aromatic carbocycles. The minimum atomic E-state index is -0.157. The first-order valence-electron chi connectivity index (χ1n) is 11.3. The van der Waals surface area contributed by atoms with Crippen LogP contribution in [0.15, 0.2) is 59.6 Å². The van der Waals surface area contributed by atoms with Crippen LogP contribution in [0.5, 0.6) is 0 Å². The second kappa shape index (κ2) is 13.1. The van der Waals surface area contributed by atoms with Crippen LogP contribution in [0, 0.1) is 5.82 Å². The third-order valence-corrected chi connectivity index (χ3v) is 5.62. The second-order valence-electron chi connectivity index (χ2n) is 7.95. The van der Waals surface area contributed by atoms with Crippen LogP contribution in [0.25, 0.3) is 0 Å². The molecule has 2 N–H and O–H groups in total. The van der Waals surface area contributed by atoms with E-state index in [-0.39, 0.29) is 5.82 Å². The van der Waals surface area contributed by atoms with Crippen molar-refractivity contribution in [3.8, 4) is 0 Å². The van der Waals surface area contributed by atoms with E-state index in [2.05, 4.69) is 50.9 Å². The van der Waals surface area contributed by atoms with Crippen LogP contribution >= 0.6 is 0 Å². The lowest BCUT2D eigenvalue weighted by Gasteiger charge is -2.32. The highest BCUT2D eigenvalue weighted by molar-refractivity contribution is 5.79. The summed E-state index contributed by atoms with van der Waals surface area (Å²) in [5.41, 5.74) is 2.09. The van der Waals surface area contributed by atoms with Gasteiger partial charge in [0, 0.05) is 46.4 Å². The number of guanidine groups is 1. The monoisotopic (exact) mass is 426 g/mol. The van der Waals surface area contributed by atoms with Gasteiger partial charge in [-0.15, -0.1) is 0 Å². The first-order chi connectivity index (χ1) is 15.2. The predicted octanol–water partition coefficient (Wildman–Crippen LogP) is 3.60. The van der Waals surface area contributed by atoms with Crippen LogP contribution in [0.2, 0.25) is 0 Å². The molecule has 0 bridgehead atoms. The molecule has 1 aliphatic heterocycles. The minimum Gasteiger partial charge on any atom is -0.378 e. The van der Waals surface area contributed by atoms with Crippen molar-refractivity contribution in [2.24, 2.45) is 4.99 Å². The summed E-state index contributed by atoms with van der Waals surface area (Å²) in [6.07, 6.45) is 4.11. The smallest absolute Gasteiger partial charge is 0.190 e. The van der Waals surface area contributed by atoms with E-state index in [9.17, 15) is 4.39 Å². The van der Waals surface area contributed by atoms with E-state index in [1.54, 1.807) is 13.1 Å². The molecule has 5 nitrogen and oxygen atoms in total. The zero-order valence-corrected chi connectivity index (χ0v) is 18.5. The highest BCUT2D eigenvalue weighted by atomic mass is 19.1. The van der Waals surface area contributed by atoms with Gasteiger partial charge < -0.3 is 15.4 Å². The highest BCUT2D eigenvalue weighted by Gasteiger charge is 2.19. The predicted molar refractivity (Wildman–Crippen MR) is 125 cm³/mol. The second-order valence-corrected chi connectivity index (χ2v) is 7.95. The molecule has 0 atom stereocenters. The first-order valence-corrected chi connectivity index (χ1v) is 11.3. The third-order valence-electron chi connectivity index (χ3n) is 5.62. The summed E-state index contributed by atoms with van der Waals surface area (Å²) in [7, 11) is 1.75. The van der Waals surface area contributed by atoms with Gasteiger partial charge in [-0.3, -0.25) is 9.89 Å². The van der Waals surface area contributed by atoms with Crippen molar-refractivity contribution in [3.63, 3.8) is 0 Å². The lowest BCUT2D eigenvalue weighted by Crippen LogP contribution is -2.39. The Labute approximate surface area is 185 Å². The number of hydrogen-bond donors (Lipinski definition) is 2. The third kappa shape index (κ3) is 8.31. The number of benzene rings is 2. The van der Waals surface area contributed by atoms with E-state index in [1.807, 2.05) is 12.1 Å². The number of likely N-dealkylation sites (tertiary alicyclic amines) is 1. The van der Waals surface area contributed by atoms with Gasteiger partial charge in [0.2, 0.25) is 0 Å². The molecule has 0 radical (unpaired) electrons. The van der Waals surface area contributed by atoms with Crippen LogP contribution in [0.4, 0.5) is 4.39 Å². The van der Waals surface area contributed by atoms with E-state index in [4.69, 9.17) is 4.74 Å². The van der Waals surface area contributed by atoms with Crippen molar-refractivity contribution in [1.29, 1.82) is 0 Å². The average molecular weight is 427 g/mol. The molecule has 6 heteroatoms. The lowest BCUT2D eigenvalue weighted by molar-refractivity contribution is 0.00534. The Hall–Kier alpha value is -2.44. The quantitative estimate of drug-likeness (QED) is 0.346. The molecule has 31 heavy (non-hydrogen) atoms. The highest BCUT2D eigenvalue weighted by Crippen LogP contribution is 2.16. The molecule has 0 saturated carbocycles. The van der Waals surface area contributed by atoms with Crippen molar-refractivity contribution in [3.05, 3.63) is 71.5 Å². The molecule has 0 unspecified atom stereocenters. The molecule has 1 saturated heterocycles. The van der Waals surface area contributed by atoms with Gasteiger partial charge in [0.05, 0.1) is 6.10 Å². The minimum absolute atomic E-state index is 0.157. The van der Waals surface area contributed by atoms with Crippen molar-refractivity contribution in [2.45, 2.75) is 38.3 Å². The normalized spacial score (nSPS) is 15.7. The van der Waals surface area contributed by atoms with Gasteiger partial charge in [-0.25, -0.2) is 4.39 Å². The van der Waals surface area contributed by atoms with Crippen LogP contribution < -0.4 is 10.6 Å². The fourth-order valence-corrected chi connectivity index (χ4v) is 3.84. The van der Waals surface area contributed by atoms with Crippen molar-refractivity contribution in [2.75, 3.05) is 39.8 Å². The Bertz CT molecular complexity index is 791. The van der Waals surface area contributed by atoms with Gasteiger partial charge in [0.25, 0.3) is 0 Å². The van der Waals surface area contributed by atoms with Gasteiger partial charge in [0.15, 0.2) is 5.96 Å². The van der Waals surface area contributed by atoms with E-state index in [1.165, 1.54) is 11.6 Å². The Morgan fingerprint density at radius 1 is 1.03 bits per heavy atom. The van der Waals surface area contributed by atoms with E-state index in [0.29, 0.717) is 24.6 Å². The largest absolute Gasteiger partial charge is 0.378 e. The number of rotatable bonds is 10. The summed E-state index contributed by atoms with van der Waals surface area (Å²) in [6.45, 7) is 5.40. The summed E-state index contributed by atoms with van der Waals surface area (Å²) < 4.78 is 19.7. The number of aliphatic imine (C=N–C) groups is 1. The summed E-state index contributed by atoms with van der Waals surface area (Å²) in [5.74, 6) is 0.584. The Balaban J connectivity index is 1.22. The fourth-order valence-electron chi connectivity index (χ4n) is 3.84. The maximum atomic E-state index is 13.7. The number of halogens is 1. The first kappa shape index (κ1) is 23.2. The number of ether oxygens (including phenoxy) is 1. The van der Waals surface area contributed by atoms with E-state index < -0.39 is 0 Å². The van der Waals surface area contributed by atoms with Gasteiger partial charge >= 0.3 is 0 Å². The molecule has 3 rings (SSSR count). The summed E-state index contributed by atoms with van der Waals surface area (Å²) in [5, 5.41) is 6.54. The zero-order chi connectivity index (χ0) is 21.7. The fraction of sp³-hybridized carbons (Fsp3) is 0.480. The van der Waals surface area contributed by atoms with E-state index >= 15 is 0 Å². The molecule has 1 aliphatic rings. The van der Waals surface area contributed by atoms with Gasteiger partial charge in [-0.2, -0.15) is 0 Å². The maximum absolute atomic E-state index is 13.7. The molecule has 1 heterocycles. The molecule has 2 aromatic rings. The summed E-state index contributed by atoms with van der Waals surface area (Å²) >= 11 is 0. The molecule has 0 amide bonds.